The van der Waals surface area contributed by atoms with Crippen molar-refractivity contribution in [3.8, 4) is 0 Å². The summed E-state index contributed by atoms with van der Waals surface area (Å²) in [5.74, 6) is 2.26. The molecule has 21 heavy (non-hydrogen) atoms. The number of aryl methyl sites for hydroxylation is 2. The first kappa shape index (κ1) is 15.7. The largest absolute Gasteiger partial charge is 0.308 e. The average Bonchev–Trinajstić information content (AvgIpc) is 2.78. The van der Waals surface area contributed by atoms with Crippen LogP contribution in [-0.2, 0) is 0 Å². The Morgan fingerprint density at radius 3 is 2.29 bits per heavy atom. The van der Waals surface area contributed by atoms with Gasteiger partial charge in [-0.15, -0.1) is 0 Å². The second-order valence-corrected chi connectivity index (χ2v) is 5.83. The maximum Gasteiger partial charge on any atom is 0.147 e. The molecular formula is C17H26N4. The summed E-state index contributed by atoms with van der Waals surface area (Å²) in [6.07, 6.45) is 0. The minimum Gasteiger partial charge on any atom is -0.308 e. The second kappa shape index (κ2) is 6.85. The summed E-state index contributed by atoms with van der Waals surface area (Å²) < 4.78 is 2.08. The van der Waals surface area contributed by atoms with Gasteiger partial charge in [-0.3, -0.25) is 0 Å². The molecule has 0 saturated carbocycles. The van der Waals surface area contributed by atoms with Crippen molar-refractivity contribution in [3.63, 3.8) is 0 Å². The fourth-order valence-corrected chi connectivity index (χ4v) is 2.94. The molecule has 0 saturated heterocycles. The predicted molar refractivity (Wildman–Crippen MR) is 86.2 cm³/mol. The van der Waals surface area contributed by atoms with E-state index in [1.807, 2.05) is 13.8 Å². The molecule has 1 aromatic heterocycles. The molecule has 0 aliphatic heterocycles. The van der Waals surface area contributed by atoms with E-state index < -0.39 is 0 Å². The Balaban J connectivity index is 2.45. The predicted octanol–water partition coefficient (Wildman–Crippen LogP) is 3.44. The van der Waals surface area contributed by atoms with Crippen LogP contribution in [-0.4, -0.2) is 21.3 Å². The fourth-order valence-electron chi connectivity index (χ4n) is 2.94. The van der Waals surface area contributed by atoms with Gasteiger partial charge in [0.1, 0.15) is 11.6 Å². The van der Waals surface area contributed by atoms with Crippen LogP contribution >= 0.6 is 0 Å². The highest BCUT2D eigenvalue weighted by Crippen LogP contribution is 2.32. The van der Waals surface area contributed by atoms with Gasteiger partial charge in [0.05, 0.1) is 12.1 Å². The molecule has 2 aromatic rings. The van der Waals surface area contributed by atoms with Gasteiger partial charge in [-0.2, -0.15) is 5.10 Å². The lowest BCUT2D eigenvalue weighted by Gasteiger charge is -2.32. The van der Waals surface area contributed by atoms with Gasteiger partial charge in [0.2, 0.25) is 0 Å². The third-order valence-electron chi connectivity index (χ3n) is 3.80. The maximum absolute atomic E-state index is 4.63. The smallest absolute Gasteiger partial charge is 0.147 e. The number of benzene rings is 1. The molecule has 0 bridgehead atoms. The highest BCUT2D eigenvalue weighted by Gasteiger charge is 2.29. The standard InChI is InChI=1S/C17H26N4/c1-6-18-16(15-10-8-7-9-11-15)17(12(2)3)21-14(5)19-13(4)20-21/h7-12,16-18H,6H2,1-5H3. The van der Waals surface area contributed by atoms with Crippen LogP contribution in [0.3, 0.4) is 0 Å². The van der Waals surface area contributed by atoms with Crippen molar-refractivity contribution in [2.45, 2.75) is 46.7 Å². The van der Waals surface area contributed by atoms with Crippen molar-refractivity contribution < 1.29 is 0 Å². The van der Waals surface area contributed by atoms with E-state index >= 15 is 0 Å². The van der Waals surface area contributed by atoms with E-state index in [-0.39, 0.29) is 12.1 Å². The number of likely N-dealkylation sites (N-methyl/N-ethyl adjacent to an activating group) is 1. The number of rotatable bonds is 6. The summed E-state index contributed by atoms with van der Waals surface area (Å²) in [7, 11) is 0. The third kappa shape index (κ3) is 3.50. The van der Waals surface area contributed by atoms with Crippen LogP contribution in [0.1, 0.15) is 50.1 Å². The minimum atomic E-state index is 0.232. The molecule has 0 fully saturated rings. The van der Waals surface area contributed by atoms with Gasteiger partial charge in [-0.1, -0.05) is 51.1 Å². The second-order valence-electron chi connectivity index (χ2n) is 5.83. The molecular weight excluding hydrogens is 260 g/mol. The Morgan fingerprint density at radius 2 is 1.81 bits per heavy atom. The summed E-state index contributed by atoms with van der Waals surface area (Å²) in [5.41, 5.74) is 1.30. The van der Waals surface area contributed by atoms with E-state index in [9.17, 15) is 0 Å². The van der Waals surface area contributed by atoms with Gasteiger partial charge in [-0.05, 0) is 31.9 Å². The lowest BCUT2D eigenvalue weighted by atomic mass is 9.91. The quantitative estimate of drug-likeness (QED) is 0.884. The Labute approximate surface area is 127 Å². The van der Waals surface area contributed by atoms with E-state index in [4.69, 9.17) is 0 Å². The molecule has 1 aromatic carbocycles. The SMILES string of the molecule is CCNC(c1ccccc1)C(C(C)C)n1nc(C)nc1C. The van der Waals surface area contributed by atoms with Crippen molar-refractivity contribution in [2.24, 2.45) is 5.92 Å². The zero-order valence-corrected chi connectivity index (χ0v) is 13.7. The first-order chi connectivity index (χ1) is 10.0. The number of nitrogens with one attached hydrogen (secondary N) is 1. The summed E-state index contributed by atoms with van der Waals surface area (Å²) >= 11 is 0. The normalized spacial score (nSPS) is 14.4. The molecule has 2 atom stereocenters. The first-order valence-corrected chi connectivity index (χ1v) is 7.72. The number of hydrogen-bond acceptors (Lipinski definition) is 3. The Kier molecular flexibility index (Phi) is 5.12. The van der Waals surface area contributed by atoms with Crippen LogP contribution in [0.5, 0.6) is 0 Å². The van der Waals surface area contributed by atoms with Crippen molar-refractivity contribution in [3.05, 3.63) is 47.5 Å². The lowest BCUT2D eigenvalue weighted by Crippen LogP contribution is -2.34. The molecule has 0 radical (unpaired) electrons. The van der Waals surface area contributed by atoms with Crippen LogP contribution in [0.15, 0.2) is 30.3 Å². The number of hydrogen-bond donors (Lipinski definition) is 1. The molecule has 1 N–H and O–H groups in total. The first-order valence-electron chi connectivity index (χ1n) is 7.72. The molecule has 2 rings (SSSR count). The minimum absolute atomic E-state index is 0.232. The molecule has 1 heterocycles. The summed E-state index contributed by atoms with van der Waals surface area (Å²) in [6, 6.07) is 11.1. The van der Waals surface area contributed by atoms with Crippen LogP contribution in [0.25, 0.3) is 0 Å². The van der Waals surface area contributed by atoms with Crippen molar-refractivity contribution >= 4 is 0 Å². The van der Waals surface area contributed by atoms with Gasteiger partial charge >= 0.3 is 0 Å². The Hall–Kier alpha value is -1.68. The molecule has 0 amide bonds. The monoisotopic (exact) mass is 286 g/mol. The summed E-state index contributed by atoms with van der Waals surface area (Å²) in [5, 5.41) is 8.25. The van der Waals surface area contributed by atoms with E-state index in [0.29, 0.717) is 5.92 Å². The summed E-state index contributed by atoms with van der Waals surface area (Å²) in [4.78, 5) is 4.47. The van der Waals surface area contributed by atoms with Gasteiger partial charge in [0.15, 0.2) is 0 Å². The molecule has 0 spiro atoms. The third-order valence-corrected chi connectivity index (χ3v) is 3.80. The van der Waals surface area contributed by atoms with Crippen molar-refractivity contribution in [1.82, 2.24) is 20.1 Å². The van der Waals surface area contributed by atoms with Gasteiger partial charge < -0.3 is 5.32 Å². The van der Waals surface area contributed by atoms with Crippen LogP contribution < -0.4 is 5.32 Å². The zero-order valence-electron chi connectivity index (χ0n) is 13.7. The highest BCUT2D eigenvalue weighted by molar-refractivity contribution is 5.21. The van der Waals surface area contributed by atoms with Crippen molar-refractivity contribution in [1.29, 1.82) is 0 Å². The summed E-state index contributed by atoms with van der Waals surface area (Å²) in [6.45, 7) is 11.5. The number of nitrogens with zero attached hydrogens (tertiary/aromatic N) is 3. The Morgan fingerprint density at radius 1 is 1.14 bits per heavy atom. The maximum atomic E-state index is 4.63. The van der Waals surface area contributed by atoms with Gasteiger partial charge in [0, 0.05) is 0 Å². The van der Waals surface area contributed by atoms with Crippen LogP contribution in [0.4, 0.5) is 0 Å². The van der Waals surface area contributed by atoms with Gasteiger partial charge in [0.25, 0.3) is 0 Å². The average molecular weight is 286 g/mol. The molecule has 4 nitrogen and oxygen atoms in total. The van der Waals surface area contributed by atoms with Gasteiger partial charge in [-0.25, -0.2) is 9.67 Å². The molecule has 114 valence electrons. The van der Waals surface area contributed by atoms with Crippen LogP contribution in [0, 0.1) is 19.8 Å². The van der Waals surface area contributed by atoms with E-state index in [2.05, 4.69) is 71.2 Å². The Bertz CT molecular complexity index is 559. The van der Waals surface area contributed by atoms with Crippen LogP contribution in [0.2, 0.25) is 0 Å². The topological polar surface area (TPSA) is 42.7 Å². The lowest BCUT2D eigenvalue weighted by molar-refractivity contribution is 0.256. The van der Waals surface area contributed by atoms with Crippen molar-refractivity contribution in [2.75, 3.05) is 6.54 Å². The molecule has 2 unspecified atom stereocenters. The fraction of sp³-hybridized carbons (Fsp3) is 0.529. The van der Waals surface area contributed by atoms with E-state index in [1.54, 1.807) is 0 Å². The number of aromatic nitrogens is 3. The van der Waals surface area contributed by atoms with E-state index in [0.717, 1.165) is 18.2 Å². The zero-order chi connectivity index (χ0) is 15.4. The molecule has 0 aliphatic carbocycles. The molecule has 4 heteroatoms. The molecule has 0 aliphatic rings. The van der Waals surface area contributed by atoms with E-state index in [1.165, 1.54) is 5.56 Å². The highest BCUT2D eigenvalue weighted by atomic mass is 15.4.